The summed E-state index contributed by atoms with van der Waals surface area (Å²) in [6.45, 7) is 3.57. The van der Waals surface area contributed by atoms with E-state index in [-0.39, 0.29) is 11.2 Å². The first-order valence-corrected chi connectivity index (χ1v) is 10.4. The molecule has 144 valence electrons. The number of aromatic amines is 1. The number of aromatic nitrogens is 1. The maximum atomic E-state index is 12.8. The number of H-pyrrole nitrogens is 1. The molecule has 0 aliphatic carbocycles. The SMILES string of the molecule is Cc1[nH]c2ccccc2c1CC(S)CC(=O)N1CC=C(c2ccccc2)CC1. The zero-order valence-electron chi connectivity index (χ0n) is 16.2. The zero-order chi connectivity index (χ0) is 19.5. The molecule has 1 N–H and O–H groups in total. The normalized spacial score (nSPS) is 15.5. The monoisotopic (exact) mass is 390 g/mol. The highest BCUT2D eigenvalue weighted by molar-refractivity contribution is 7.81. The van der Waals surface area contributed by atoms with E-state index in [4.69, 9.17) is 12.6 Å². The van der Waals surface area contributed by atoms with Gasteiger partial charge in [-0.3, -0.25) is 4.79 Å². The average molecular weight is 391 g/mol. The molecule has 1 amide bonds. The van der Waals surface area contributed by atoms with Gasteiger partial charge in [0.1, 0.15) is 0 Å². The molecule has 1 atom stereocenters. The van der Waals surface area contributed by atoms with Gasteiger partial charge in [0.2, 0.25) is 5.91 Å². The van der Waals surface area contributed by atoms with Gasteiger partial charge in [-0.25, -0.2) is 0 Å². The fraction of sp³-hybridized carbons (Fsp3) is 0.292. The van der Waals surface area contributed by atoms with Gasteiger partial charge in [-0.15, -0.1) is 0 Å². The topological polar surface area (TPSA) is 36.1 Å². The van der Waals surface area contributed by atoms with Crippen molar-refractivity contribution >= 4 is 35.0 Å². The van der Waals surface area contributed by atoms with E-state index in [0.717, 1.165) is 24.9 Å². The molecule has 0 spiro atoms. The summed E-state index contributed by atoms with van der Waals surface area (Å²) in [4.78, 5) is 18.2. The summed E-state index contributed by atoms with van der Waals surface area (Å²) < 4.78 is 0. The number of carbonyl (C=O) groups excluding carboxylic acids is 1. The molecule has 0 saturated heterocycles. The van der Waals surface area contributed by atoms with Crippen molar-refractivity contribution in [1.29, 1.82) is 0 Å². The van der Waals surface area contributed by atoms with Crippen LogP contribution in [-0.4, -0.2) is 34.1 Å². The summed E-state index contributed by atoms with van der Waals surface area (Å²) in [5.41, 5.74) is 6.18. The zero-order valence-corrected chi connectivity index (χ0v) is 17.1. The molecule has 1 aromatic heterocycles. The van der Waals surface area contributed by atoms with Crippen LogP contribution in [0.4, 0.5) is 0 Å². The number of benzene rings is 2. The summed E-state index contributed by atoms with van der Waals surface area (Å²) in [6.07, 6.45) is 4.36. The van der Waals surface area contributed by atoms with Crippen molar-refractivity contribution in [2.24, 2.45) is 0 Å². The molecule has 1 aliphatic heterocycles. The van der Waals surface area contributed by atoms with Crippen LogP contribution < -0.4 is 0 Å². The van der Waals surface area contributed by atoms with E-state index >= 15 is 0 Å². The standard InChI is InChI=1S/C24H26N2OS/c1-17-22(21-9-5-6-10-23(21)25-17)15-20(28)16-24(27)26-13-11-19(12-14-26)18-7-3-2-4-8-18/h2-11,20,25,28H,12-16H2,1H3. The second kappa shape index (κ2) is 8.27. The third-order valence-corrected chi connectivity index (χ3v) is 5.95. The van der Waals surface area contributed by atoms with Crippen molar-refractivity contribution in [1.82, 2.24) is 9.88 Å². The van der Waals surface area contributed by atoms with Crippen LogP contribution in [0.3, 0.4) is 0 Å². The van der Waals surface area contributed by atoms with Gasteiger partial charge in [-0.05, 0) is 42.5 Å². The lowest BCUT2D eigenvalue weighted by Gasteiger charge is -2.27. The Morgan fingerprint density at radius 2 is 1.89 bits per heavy atom. The molecule has 4 heteroatoms. The van der Waals surface area contributed by atoms with Crippen LogP contribution in [0, 0.1) is 6.92 Å². The number of amides is 1. The highest BCUT2D eigenvalue weighted by Crippen LogP contribution is 2.26. The molecule has 1 aliphatic rings. The number of nitrogens with one attached hydrogen (secondary N) is 1. The summed E-state index contributed by atoms with van der Waals surface area (Å²) in [5.74, 6) is 0.195. The quantitative estimate of drug-likeness (QED) is 0.590. The third-order valence-electron chi connectivity index (χ3n) is 5.58. The van der Waals surface area contributed by atoms with Crippen molar-refractivity contribution in [3.05, 3.63) is 77.5 Å². The lowest BCUT2D eigenvalue weighted by Crippen LogP contribution is -2.36. The molecule has 0 radical (unpaired) electrons. The minimum atomic E-state index is 0.0184. The molecule has 2 aromatic carbocycles. The van der Waals surface area contributed by atoms with E-state index in [1.807, 2.05) is 17.0 Å². The molecule has 0 fully saturated rings. The first-order chi connectivity index (χ1) is 13.6. The Labute approximate surface area is 171 Å². The molecule has 3 aromatic rings. The van der Waals surface area contributed by atoms with E-state index < -0.39 is 0 Å². The van der Waals surface area contributed by atoms with Crippen molar-refractivity contribution in [3.63, 3.8) is 0 Å². The van der Waals surface area contributed by atoms with E-state index in [1.54, 1.807) is 0 Å². The fourth-order valence-electron chi connectivity index (χ4n) is 4.05. The summed E-state index contributed by atoms with van der Waals surface area (Å²) >= 11 is 4.75. The van der Waals surface area contributed by atoms with Gasteiger partial charge in [0.15, 0.2) is 0 Å². The first kappa shape index (κ1) is 18.9. The van der Waals surface area contributed by atoms with Crippen LogP contribution in [0.25, 0.3) is 16.5 Å². The molecular formula is C24H26N2OS. The Kier molecular flexibility index (Phi) is 5.58. The maximum absolute atomic E-state index is 12.8. The van der Waals surface area contributed by atoms with Gasteiger partial charge in [0.25, 0.3) is 0 Å². The van der Waals surface area contributed by atoms with Gasteiger partial charge < -0.3 is 9.88 Å². The second-order valence-corrected chi connectivity index (χ2v) is 8.25. The van der Waals surface area contributed by atoms with Crippen molar-refractivity contribution in [3.8, 4) is 0 Å². The summed E-state index contributed by atoms with van der Waals surface area (Å²) in [6, 6.07) is 18.8. The number of rotatable bonds is 5. The smallest absolute Gasteiger partial charge is 0.223 e. The molecule has 3 nitrogen and oxygen atoms in total. The fourth-order valence-corrected chi connectivity index (χ4v) is 4.39. The number of nitrogens with zero attached hydrogens (tertiary/aromatic N) is 1. The third kappa shape index (κ3) is 4.02. The number of aryl methyl sites for hydroxylation is 1. The largest absolute Gasteiger partial charge is 0.358 e. The van der Waals surface area contributed by atoms with E-state index in [1.165, 1.54) is 27.8 Å². The minimum absolute atomic E-state index is 0.0184. The Hall–Kier alpha value is -2.46. The van der Waals surface area contributed by atoms with Crippen LogP contribution in [0.5, 0.6) is 0 Å². The highest BCUT2D eigenvalue weighted by Gasteiger charge is 2.21. The number of fused-ring (bicyclic) bond motifs is 1. The predicted molar refractivity (Wildman–Crippen MR) is 120 cm³/mol. The number of carbonyl (C=O) groups is 1. The summed E-state index contributed by atoms with van der Waals surface area (Å²) in [5, 5.41) is 1.25. The lowest BCUT2D eigenvalue weighted by atomic mass is 9.99. The molecule has 4 rings (SSSR count). The van der Waals surface area contributed by atoms with E-state index in [0.29, 0.717) is 13.0 Å². The number of hydrogen-bond donors (Lipinski definition) is 2. The molecule has 0 bridgehead atoms. The maximum Gasteiger partial charge on any atom is 0.223 e. The molecule has 1 unspecified atom stereocenters. The van der Waals surface area contributed by atoms with Crippen LogP contribution in [0.1, 0.15) is 29.7 Å². The van der Waals surface area contributed by atoms with Crippen LogP contribution >= 0.6 is 12.6 Å². The predicted octanol–water partition coefficient (Wildman–Crippen LogP) is 5.02. The minimum Gasteiger partial charge on any atom is -0.358 e. The van der Waals surface area contributed by atoms with Gasteiger partial charge in [-0.1, -0.05) is 54.6 Å². The summed E-state index contributed by atoms with van der Waals surface area (Å²) in [7, 11) is 0. The van der Waals surface area contributed by atoms with Crippen molar-refractivity contribution < 1.29 is 4.79 Å². The van der Waals surface area contributed by atoms with Crippen LogP contribution in [0.15, 0.2) is 60.7 Å². The van der Waals surface area contributed by atoms with Gasteiger partial charge in [0, 0.05) is 41.4 Å². The highest BCUT2D eigenvalue weighted by atomic mass is 32.1. The molecule has 0 saturated carbocycles. The molecule has 2 heterocycles. The van der Waals surface area contributed by atoms with E-state index in [9.17, 15) is 4.79 Å². The van der Waals surface area contributed by atoms with Gasteiger partial charge >= 0.3 is 0 Å². The van der Waals surface area contributed by atoms with Crippen LogP contribution in [0.2, 0.25) is 0 Å². The Balaban J connectivity index is 1.37. The number of para-hydroxylation sites is 1. The van der Waals surface area contributed by atoms with Crippen molar-refractivity contribution in [2.75, 3.05) is 13.1 Å². The number of hydrogen-bond acceptors (Lipinski definition) is 2. The first-order valence-electron chi connectivity index (χ1n) is 9.88. The van der Waals surface area contributed by atoms with Gasteiger partial charge in [0.05, 0.1) is 0 Å². The Bertz CT molecular complexity index is 1010. The van der Waals surface area contributed by atoms with Gasteiger partial charge in [-0.2, -0.15) is 12.6 Å². The van der Waals surface area contributed by atoms with E-state index in [2.05, 4.69) is 60.4 Å². The Morgan fingerprint density at radius 3 is 2.64 bits per heavy atom. The molecule has 28 heavy (non-hydrogen) atoms. The van der Waals surface area contributed by atoms with Crippen LogP contribution in [-0.2, 0) is 11.2 Å². The Morgan fingerprint density at radius 1 is 1.14 bits per heavy atom. The average Bonchev–Trinajstić information content (AvgIpc) is 3.04. The van der Waals surface area contributed by atoms with Crippen molar-refractivity contribution in [2.45, 2.75) is 31.4 Å². The number of thiol groups is 1. The second-order valence-electron chi connectivity index (χ2n) is 7.52. The lowest BCUT2D eigenvalue weighted by molar-refractivity contribution is -0.130. The molecular weight excluding hydrogens is 364 g/mol.